The molecule has 0 aromatic carbocycles. The molecule has 2 N–H and O–H groups in total. The van der Waals surface area contributed by atoms with Crippen LogP contribution in [0.4, 0.5) is 0 Å². The van der Waals surface area contributed by atoms with Gasteiger partial charge in [-0.3, -0.25) is 4.90 Å². The molecular weight excluding hydrogens is 160 g/mol. The molecule has 2 atom stereocenters. The minimum Gasteiger partial charge on any atom is -0.326 e. The molecule has 0 unspecified atom stereocenters. The molecule has 1 aliphatic carbocycles. The number of hydrogen-bond acceptors (Lipinski definition) is 2. The van der Waals surface area contributed by atoms with Gasteiger partial charge in [0.1, 0.15) is 0 Å². The number of hydrogen-bond donors (Lipinski definition) is 1. The molecule has 76 valence electrons. The Balaban J connectivity index is 1.80. The molecule has 1 aliphatic heterocycles. The summed E-state index contributed by atoms with van der Waals surface area (Å²) in [6.45, 7) is 4.92. The van der Waals surface area contributed by atoms with E-state index < -0.39 is 0 Å². The normalized spacial score (nSPS) is 37.4. The molecule has 0 spiro atoms. The van der Waals surface area contributed by atoms with Gasteiger partial charge >= 0.3 is 0 Å². The SMILES string of the molecule is CCC1CN([C@@H]2CCCC[C@H]2N)C1. The standard InChI is InChI=1S/C11H22N2/c1-2-9-7-13(8-9)11-6-4-3-5-10(11)12/h9-11H,2-8,12H2,1H3/t10-,11-/m1/s1. The summed E-state index contributed by atoms with van der Waals surface area (Å²) in [6.07, 6.45) is 6.68. The zero-order valence-electron chi connectivity index (χ0n) is 8.71. The van der Waals surface area contributed by atoms with E-state index in [4.69, 9.17) is 5.73 Å². The van der Waals surface area contributed by atoms with Crippen LogP contribution in [0.15, 0.2) is 0 Å². The number of rotatable bonds is 2. The average molecular weight is 182 g/mol. The molecular formula is C11H22N2. The van der Waals surface area contributed by atoms with Crippen molar-refractivity contribution in [3.8, 4) is 0 Å². The fourth-order valence-electron chi connectivity index (χ4n) is 2.73. The maximum atomic E-state index is 6.13. The van der Waals surface area contributed by atoms with Crippen molar-refractivity contribution < 1.29 is 0 Å². The molecule has 0 aromatic heterocycles. The first kappa shape index (κ1) is 9.47. The van der Waals surface area contributed by atoms with Crippen LogP contribution in [0.25, 0.3) is 0 Å². The minimum atomic E-state index is 0.464. The van der Waals surface area contributed by atoms with Crippen molar-refractivity contribution in [1.29, 1.82) is 0 Å². The zero-order chi connectivity index (χ0) is 9.26. The third-order valence-corrected chi connectivity index (χ3v) is 3.81. The van der Waals surface area contributed by atoms with E-state index in [1.807, 2.05) is 0 Å². The lowest BCUT2D eigenvalue weighted by molar-refractivity contribution is 0.0244. The van der Waals surface area contributed by atoms with Gasteiger partial charge in [-0.15, -0.1) is 0 Å². The molecule has 0 bridgehead atoms. The first-order valence-electron chi connectivity index (χ1n) is 5.81. The second kappa shape index (κ2) is 3.97. The summed E-state index contributed by atoms with van der Waals surface area (Å²) in [5.41, 5.74) is 6.13. The van der Waals surface area contributed by atoms with Crippen molar-refractivity contribution >= 4 is 0 Å². The number of nitrogens with two attached hydrogens (primary N) is 1. The monoisotopic (exact) mass is 182 g/mol. The Morgan fingerprint density at radius 3 is 2.54 bits per heavy atom. The molecule has 2 aliphatic rings. The fraction of sp³-hybridized carbons (Fsp3) is 1.00. The van der Waals surface area contributed by atoms with Crippen molar-refractivity contribution in [2.24, 2.45) is 11.7 Å². The van der Waals surface area contributed by atoms with E-state index in [-0.39, 0.29) is 0 Å². The second-order valence-corrected chi connectivity index (χ2v) is 4.74. The smallest absolute Gasteiger partial charge is 0.0247 e. The first-order chi connectivity index (χ1) is 6.31. The van der Waals surface area contributed by atoms with Crippen LogP contribution in [0.5, 0.6) is 0 Å². The second-order valence-electron chi connectivity index (χ2n) is 4.74. The van der Waals surface area contributed by atoms with E-state index in [0.717, 1.165) is 12.0 Å². The van der Waals surface area contributed by atoms with Crippen LogP contribution >= 0.6 is 0 Å². The van der Waals surface area contributed by atoms with Crippen LogP contribution in [0, 0.1) is 5.92 Å². The van der Waals surface area contributed by atoms with E-state index in [2.05, 4.69) is 11.8 Å². The van der Waals surface area contributed by atoms with Gasteiger partial charge < -0.3 is 5.73 Å². The van der Waals surface area contributed by atoms with Crippen molar-refractivity contribution in [1.82, 2.24) is 4.90 Å². The highest BCUT2D eigenvalue weighted by atomic mass is 15.2. The molecule has 13 heavy (non-hydrogen) atoms. The van der Waals surface area contributed by atoms with Gasteiger partial charge in [0.05, 0.1) is 0 Å². The van der Waals surface area contributed by atoms with Crippen LogP contribution < -0.4 is 5.73 Å². The maximum Gasteiger partial charge on any atom is 0.0247 e. The van der Waals surface area contributed by atoms with Crippen molar-refractivity contribution in [2.45, 2.75) is 51.1 Å². The molecule has 2 heteroatoms. The third kappa shape index (κ3) is 1.89. The Kier molecular flexibility index (Phi) is 2.89. The molecule has 1 heterocycles. The average Bonchev–Trinajstić information content (AvgIpc) is 2.06. The van der Waals surface area contributed by atoms with Crippen LogP contribution in [0.3, 0.4) is 0 Å². The minimum absolute atomic E-state index is 0.464. The lowest BCUT2D eigenvalue weighted by Gasteiger charge is -2.47. The van der Waals surface area contributed by atoms with Gasteiger partial charge in [0.2, 0.25) is 0 Å². The Morgan fingerprint density at radius 2 is 1.92 bits per heavy atom. The lowest BCUT2D eigenvalue weighted by Crippen LogP contribution is -2.58. The van der Waals surface area contributed by atoms with Crippen LogP contribution in [-0.4, -0.2) is 30.1 Å². The molecule has 2 fully saturated rings. The summed E-state index contributed by atoms with van der Waals surface area (Å²) in [6, 6.07) is 1.18. The topological polar surface area (TPSA) is 29.3 Å². The molecule has 1 saturated heterocycles. The van der Waals surface area contributed by atoms with Gasteiger partial charge in [0.15, 0.2) is 0 Å². The van der Waals surface area contributed by atoms with Gasteiger partial charge in [-0.05, 0) is 18.8 Å². The first-order valence-corrected chi connectivity index (χ1v) is 5.81. The van der Waals surface area contributed by atoms with E-state index >= 15 is 0 Å². The van der Waals surface area contributed by atoms with Crippen molar-refractivity contribution in [2.75, 3.05) is 13.1 Å². The van der Waals surface area contributed by atoms with Crippen LogP contribution in [0.2, 0.25) is 0 Å². The predicted molar refractivity (Wildman–Crippen MR) is 55.6 cm³/mol. The molecule has 2 rings (SSSR count). The number of nitrogens with zero attached hydrogens (tertiary/aromatic N) is 1. The van der Waals surface area contributed by atoms with Crippen LogP contribution in [0.1, 0.15) is 39.0 Å². The van der Waals surface area contributed by atoms with Crippen molar-refractivity contribution in [3.63, 3.8) is 0 Å². The van der Waals surface area contributed by atoms with Gasteiger partial charge in [-0.2, -0.15) is 0 Å². The van der Waals surface area contributed by atoms with Gasteiger partial charge in [-0.1, -0.05) is 26.2 Å². The molecule has 0 radical (unpaired) electrons. The summed E-state index contributed by atoms with van der Waals surface area (Å²) in [4.78, 5) is 2.61. The molecule has 0 aromatic rings. The summed E-state index contributed by atoms with van der Waals surface area (Å²) in [7, 11) is 0. The van der Waals surface area contributed by atoms with E-state index in [1.165, 1.54) is 45.2 Å². The highest BCUT2D eigenvalue weighted by Gasteiger charge is 2.34. The van der Waals surface area contributed by atoms with Crippen molar-refractivity contribution in [3.05, 3.63) is 0 Å². The highest BCUT2D eigenvalue weighted by Crippen LogP contribution is 2.28. The summed E-state index contributed by atoms with van der Waals surface area (Å²) < 4.78 is 0. The van der Waals surface area contributed by atoms with Gasteiger partial charge in [0, 0.05) is 25.2 Å². The van der Waals surface area contributed by atoms with E-state index in [0.29, 0.717) is 6.04 Å². The van der Waals surface area contributed by atoms with Gasteiger partial charge in [-0.25, -0.2) is 0 Å². The molecule has 1 saturated carbocycles. The Hall–Kier alpha value is -0.0800. The van der Waals surface area contributed by atoms with Gasteiger partial charge in [0.25, 0.3) is 0 Å². The maximum absolute atomic E-state index is 6.13. The molecule has 0 amide bonds. The Bertz CT molecular complexity index is 163. The van der Waals surface area contributed by atoms with E-state index in [1.54, 1.807) is 0 Å². The predicted octanol–water partition coefficient (Wildman–Crippen LogP) is 1.60. The summed E-state index contributed by atoms with van der Waals surface area (Å²) >= 11 is 0. The third-order valence-electron chi connectivity index (χ3n) is 3.81. The quantitative estimate of drug-likeness (QED) is 0.703. The van der Waals surface area contributed by atoms with E-state index in [9.17, 15) is 0 Å². The fourth-order valence-corrected chi connectivity index (χ4v) is 2.73. The lowest BCUT2D eigenvalue weighted by atomic mass is 9.85. The van der Waals surface area contributed by atoms with Crippen LogP contribution in [-0.2, 0) is 0 Å². The number of likely N-dealkylation sites (tertiary alicyclic amines) is 1. The highest BCUT2D eigenvalue weighted by molar-refractivity contribution is 4.92. The summed E-state index contributed by atoms with van der Waals surface area (Å²) in [5, 5.41) is 0. The zero-order valence-corrected chi connectivity index (χ0v) is 8.71. The Labute approximate surface area is 81.5 Å². The Morgan fingerprint density at radius 1 is 1.23 bits per heavy atom. The summed E-state index contributed by atoms with van der Waals surface area (Å²) in [5.74, 6) is 0.967. The molecule has 2 nitrogen and oxygen atoms in total. The largest absolute Gasteiger partial charge is 0.326 e.